The summed E-state index contributed by atoms with van der Waals surface area (Å²) in [6.07, 6.45) is 1.36. The van der Waals surface area contributed by atoms with Gasteiger partial charge in [0.05, 0.1) is 31.7 Å². The highest BCUT2D eigenvalue weighted by atomic mass is 79.9. The summed E-state index contributed by atoms with van der Waals surface area (Å²) in [5.41, 5.74) is 4.71. The van der Waals surface area contributed by atoms with Crippen LogP contribution in [0.5, 0.6) is 17.2 Å². The lowest BCUT2D eigenvalue weighted by Gasteiger charge is -2.13. The van der Waals surface area contributed by atoms with Gasteiger partial charge in [-0.25, -0.2) is 5.43 Å². The second kappa shape index (κ2) is 13.9. The number of halogens is 1. The Bertz CT molecular complexity index is 1460. The van der Waals surface area contributed by atoms with Crippen molar-refractivity contribution in [2.24, 2.45) is 5.10 Å². The number of hydrazone groups is 1. The SMILES string of the molecule is CCOc1ccc(NCc2nnc(SC(C)C(=O)N/N=C/c3cc(Br)cc(OC)c3O)n2-c2ccccc2)cc1. The number of carbonyl (C=O) groups is 1. The van der Waals surface area contributed by atoms with Crippen molar-refractivity contribution < 1.29 is 19.4 Å². The second-order valence-electron chi connectivity index (χ2n) is 8.42. The standard InChI is InChI=1S/C28H29BrN6O4S/c1-4-39-23-12-10-21(11-13-23)30-17-25-32-34-28(35(25)22-8-6-5-7-9-22)40-18(2)27(37)33-31-16-19-14-20(29)15-24(38-3)26(19)36/h5-16,18,30,36H,4,17H2,1-3H3,(H,33,37)/b31-16+. The molecule has 10 nitrogen and oxygen atoms in total. The average molecular weight is 626 g/mol. The Balaban J connectivity index is 1.46. The number of hydrogen-bond acceptors (Lipinski definition) is 9. The van der Waals surface area contributed by atoms with Crippen LogP contribution in [0, 0.1) is 0 Å². The summed E-state index contributed by atoms with van der Waals surface area (Å²) in [6, 6.07) is 20.7. The number of amides is 1. The fraction of sp³-hybridized carbons (Fsp3) is 0.214. The smallest absolute Gasteiger partial charge is 0.253 e. The van der Waals surface area contributed by atoms with Gasteiger partial charge >= 0.3 is 0 Å². The normalized spacial score (nSPS) is 11.8. The third-order valence-corrected chi connectivity index (χ3v) is 7.15. The molecule has 0 aliphatic rings. The molecule has 0 aliphatic heterocycles. The predicted molar refractivity (Wildman–Crippen MR) is 160 cm³/mol. The van der Waals surface area contributed by atoms with Crippen LogP contribution in [-0.4, -0.2) is 51.0 Å². The molecule has 1 atom stereocenters. The van der Waals surface area contributed by atoms with Gasteiger partial charge < -0.3 is 19.9 Å². The van der Waals surface area contributed by atoms with E-state index in [0.717, 1.165) is 17.1 Å². The predicted octanol–water partition coefficient (Wildman–Crippen LogP) is 5.39. The molecule has 4 aromatic rings. The Morgan fingerprint density at radius 1 is 1.18 bits per heavy atom. The zero-order chi connectivity index (χ0) is 28.5. The first kappa shape index (κ1) is 29.0. The van der Waals surface area contributed by atoms with Gasteiger partial charge in [-0.3, -0.25) is 9.36 Å². The Labute approximate surface area is 244 Å². The fourth-order valence-corrected chi connectivity index (χ4v) is 5.00. The van der Waals surface area contributed by atoms with Crippen molar-refractivity contribution in [3.8, 4) is 22.9 Å². The van der Waals surface area contributed by atoms with Crippen molar-refractivity contribution in [3.05, 3.63) is 82.6 Å². The molecule has 3 aromatic carbocycles. The van der Waals surface area contributed by atoms with Crippen molar-refractivity contribution in [2.45, 2.75) is 30.8 Å². The number of ether oxygens (including phenoxy) is 2. The molecule has 1 aromatic heterocycles. The number of aromatic hydroxyl groups is 1. The van der Waals surface area contributed by atoms with Crippen molar-refractivity contribution >= 4 is 45.5 Å². The van der Waals surface area contributed by atoms with Crippen LogP contribution >= 0.6 is 27.7 Å². The molecule has 0 saturated carbocycles. The molecule has 0 radical (unpaired) electrons. The molecule has 0 spiro atoms. The van der Waals surface area contributed by atoms with Gasteiger partial charge in [0.15, 0.2) is 22.5 Å². The van der Waals surface area contributed by atoms with Gasteiger partial charge in [-0.05, 0) is 62.4 Å². The minimum Gasteiger partial charge on any atom is -0.504 e. The Morgan fingerprint density at radius 2 is 1.93 bits per heavy atom. The number of hydrogen-bond donors (Lipinski definition) is 3. The molecule has 0 saturated heterocycles. The summed E-state index contributed by atoms with van der Waals surface area (Å²) >= 11 is 4.62. The van der Waals surface area contributed by atoms with E-state index < -0.39 is 5.25 Å². The molecule has 12 heteroatoms. The lowest BCUT2D eigenvalue weighted by atomic mass is 10.2. The van der Waals surface area contributed by atoms with E-state index in [-0.39, 0.29) is 11.7 Å². The van der Waals surface area contributed by atoms with E-state index in [2.05, 4.69) is 42.0 Å². The van der Waals surface area contributed by atoms with Gasteiger partial charge in [0, 0.05) is 21.4 Å². The number of carbonyl (C=O) groups excluding carboxylic acids is 1. The number of nitrogens with one attached hydrogen (secondary N) is 2. The highest BCUT2D eigenvalue weighted by Crippen LogP contribution is 2.32. The first-order chi connectivity index (χ1) is 19.4. The highest BCUT2D eigenvalue weighted by molar-refractivity contribution is 9.10. The number of rotatable bonds is 12. The van der Waals surface area contributed by atoms with E-state index in [9.17, 15) is 9.90 Å². The average Bonchev–Trinajstić information content (AvgIpc) is 3.36. The number of benzene rings is 3. The van der Waals surface area contributed by atoms with Crippen LogP contribution in [0.15, 0.2) is 81.5 Å². The van der Waals surface area contributed by atoms with E-state index in [4.69, 9.17) is 9.47 Å². The maximum Gasteiger partial charge on any atom is 0.253 e. The molecule has 0 fully saturated rings. The van der Waals surface area contributed by atoms with Crippen LogP contribution < -0.4 is 20.2 Å². The van der Waals surface area contributed by atoms with Crippen LogP contribution in [0.25, 0.3) is 5.69 Å². The molecule has 1 amide bonds. The van der Waals surface area contributed by atoms with E-state index in [1.807, 2.05) is 66.1 Å². The molecule has 40 heavy (non-hydrogen) atoms. The van der Waals surface area contributed by atoms with Crippen LogP contribution in [0.2, 0.25) is 0 Å². The lowest BCUT2D eigenvalue weighted by molar-refractivity contribution is -0.120. The summed E-state index contributed by atoms with van der Waals surface area (Å²) in [5.74, 6) is 1.38. The van der Waals surface area contributed by atoms with E-state index in [0.29, 0.717) is 39.9 Å². The van der Waals surface area contributed by atoms with E-state index >= 15 is 0 Å². The van der Waals surface area contributed by atoms with Crippen LogP contribution in [0.4, 0.5) is 5.69 Å². The number of anilines is 1. The summed E-state index contributed by atoms with van der Waals surface area (Å²) in [5, 5.41) is 26.5. The Kier molecular flexibility index (Phi) is 10.0. The first-order valence-corrected chi connectivity index (χ1v) is 14.1. The Hall–Kier alpha value is -4.03. The molecule has 1 unspecified atom stereocenters. The highest BCUT2D eigenvalue weighted by Gasteiger charge is 2.21. The summed E-state index contributed by atoms with van der Waals surface area (Å²) in [4.78, 5) is 12.8. The summed E-state index contributed by atoms with van der Waals surface area (Å²) < 4.78 is 13.3. The summed E-state index contributed by atoms with van der Waals surface area (Å²) in [7, 11) is 1.46. The van der Waals surface area contributed by atoms with Gasteiger partial charge in [-0.2, -0.15) is 5.10 Å². The van der Waals surface area contributed by atoms with Crippen molar-refractivity contribution in [2.75, 3.05) is 19.0 Å². The second-order valence-corrected chi connectivity index (χ2v) is 10.6. The quantitative estimate of drug-likeness (QED) is 0.109. The number of nitrogens with zero attached hydrogens (tertiary/aromatic N) is 4. The Morgan fingerprint density at radius 3 is 2.62 bits per heavy atom. The van der Waals surface area contributed by atoms with Crippen molar-refractivity contribution in [1.29, 1.82) is 0 Å². The number of thioether (sulfide) groups is 1. The third-order valence-electron chi connectivity index (χ3n) is 5.65. The zero-order valence-corrected chi connectivity index (χ0v) is 24.6. The van der Waals surface area contributed by atoms with Crippen molar-refractivity contribution in [3.63, 3.8) is 0 Å². The van der Waals surface area contributed by atoms with Crippen LogP contribution in [-0.2, 0) is 11.3 Å². The third kappa shape index (κ3) is 7.33. The number of phenolic OH excluding ortho intramolecular Hbond substituents is 1. The van der Waals surface area contributed by atoms with Gasteiger partial charge in [0.2, 0.25) is 0 Å². The zero-order valence-electron chi connectivity index (χ0n) is 22.2. The molecule has 0 bridgehead atoms. The monoisotopic (exact) mass is 624 g/mol. The molecule has 1 heterocycles. The maximum absolute atomic E-state index is 12.8. The number of para-hydroxylation sites is 1. The molecule has 3 N–H and O–H groups in total. The topological polar surface area (TPSA) is 123 Å². The van der Waals surface area contributed by atoms with Crippen molar-refractivity contribution in [1.82, 2.24) is 20.2 Å². The van der Waals surface area contributed by atoms with Gasteiger partial charge in [-0.15, -0.1) is 10.2 Å². The van der Waals surface area contributed by atoms with Crippen LogP contribution in [0.1, 0.15) is 25.2 Å². The molecule has 4 rings (SSSR count). The van der Waals surface area contributed by atoms with Crippen LogP contribution in [0.3, 0.4) is 0 Å². The van der Waals surface area contributed by atoms with E-state index in [1.165, 1.54) is 25.1 Å². The lowest BCUT2D eigenvalue weighted by Crippen LogP contribution is -2.27. The first-order valence-electron chi connectivity index (χ1n) is 12.4. The van der Waals surface area contributed by atoms with Gasteiger partial charge in [0.1, 0.15) is 5.75 Å². The molecule has 208 valence electrons. The molecular formula is C28H29BrN6O4S. The minimum absolute atomic E-state index is 0.0755. The number of phenols is 1. The molecule has 0 aliphatic carbocycles. The summed E-state index contributed by atoms with van der Waals surface area (Å²) in [6.45, 7) is 4.74. The number of aromatic nitrogens is 3. The molecular weight excluding hydrogens is 596 g/mol. The van der Waals surface area contributed by atoms with E-state index in [1.54, 1.807) is 19.1 Å². The number of methoxy groups -OCH3 is 1. The van der Waals surface area contributed by atoms with Gasteiger partial charge in [-0.1, -0.05) is 45.9 Å². The maximum atomic E-state index is 12.8. The van der Waals surface area contributed by atoms with Gasteiger partial charge in [0.25, 0.3) is 5.91 Å². The largest absolute Gasteiger partial charge is 0.504 e. The fourth-order valence-electron chi connectivity index (χ4n) is 3.66. The minimum atomic E-state index is -0.540.